The molecule has 0 atom stereocenters. The van der Waals surface area contributed by atoms with Crippen LogP contribution in [0.3, 0.4) is 0 Å². The lowest BCUT2D eigenvalue weighted by molar-refractivity contribution is -0.385. The zero-order valence-electron chi connectivity index (χ0n) is 16.6. The molecule has 10 heteroatoms. The Labute approximate surface area is 199 Å². The molecule has 32 heavy (non-hydrogen) atoms. The average Bonchev–Trinajstić information content (AvgIpc) is 2.79. The van der Waals surface area contributed by atoms with Gasteiger partial charge in [-0.3, -0.25) is 14.9 Å². The Morgan fingerprint density at radius 2 is 1.75 bits per heavy atom. The van der Waals surface area contributed by atoms with Gasteiger partial charge >= 0.3 is 5.97 Å². The number of halogens is 2. The Kier molecular flexibility index (Phi) is 7.60. The van der Waals surface area contributed by atoms with Gasteiger partial charge in [0.2, 0.25) is 0 Å². The van der Waals surface area contributed by atoms with Crippen molar-refractivity contribution < 1.29 is 24.0 Å². The highest BCUT2D eigenvalue weighted by molar-refractivity contribution is 9.11. The van der Waals surface area contributed by atoms with Crippen LogP contribution in [0.5, 0.6) is 11.5 Å². The molecule has 3 rings (SSSR count). The number of rotatable bonds is 7. The van der Waals surface area contributed by atoms with Crippen LogP contribution in [-0.2, 0) is 6.54 Å². The van der Waals surface area contributed by atoms with Crippen molar-refractivity contribution in [3.63, 3.8) is 0 Å². The Balaban J connectivity index is 1.82. The van der Waals surface area contributed by atoms with E-state index in [9.17, 15) is 19.7 Å². The van der Waals surface area contributed by atoms with Crippen molar-refractivity contribution in [2.75, 3.05) is 7.11 Å². The van der Waals surface area contributed by atoms with Crippen LogP contribution in [0.25, 0.3) is 0 Å². The Morgan fingerprint density at radius 1 is 1.06 bits per heavy atom. The molecule has 0 bridgehead atoms. The lowest BCUT2D eigenvalue weighted by atomic mass is 10.1. The van der Waals surface area contributed by atoms with E-state index in [-0.39, 0.29) is 23.5 Å². The van der Waals surface area contributed by atoms with Crippen LogP contribution in [-0.4, -0.2) is 23.9 Å². The molecule has 0 fully saturated rings. The predicted molar refractivity (Wildman–Crippen MR) is 124 cm³/mol. The SMILES string of the molecule is COc1ccc(C(=O)Oc2c(Br)cc(Br)cc2CNC(=O)c2ccccc2[N+](=O)[O-])cc1. The van der Waals surface area contributed by atoms with Gasteiger partial charge in [-0.05, 0) is 58.4 Å². The number of nitrogens with zero attached hydrogens (tertiary/aromatic N) is 1. The van der Waals surface area contributed by atoms with Crippen molar-refractivity contribution in [3.8, 4) is 11.5 Å². The first-order valence-electron chi connectivity index (χ1n) is 9.16. The van der Waals surface area contributed by atoms with E-state index in [1.807, 2.05) is 0 Å². The van der Waals surface area contributed by atoms with Crippen molar-refractivity contribution in [1.82, 2.24) is 5.32 Å². The second-order valence-electron chi connectivity index (χ2n) is 6.45. The van der Waals surface area contributed by atoms with E-state index in [2.05, 4.69) is 37.2 Å². The molecule has 0 aromatic heterocycles. The maximum Gasteiger partial charge on any atom is 0.343 e. The number of hydrogen-bond acceptors (Lipinski definition) is 6. The highest BCUT2D eigenvalue weighted by Gasteiger charge is 2.21. The van der Waals surface area contributed by atoms with Gasteiger partial charge < -0.3 is 14.8 Å². The van der Waals surface area contributed by atoms with E-state index in [1.165, 1.54) is 25.3 Å². The van der Waals surface area contributed by atoms with E-state index in [1.54, 1.807) is 42.5 Å². The van der Waals surface area contributed by atoms with Gasteiger partial charge in [0.1, 0.15) is 17.1 Å². The summed E-state index contributed by atoms with van der Waals surface area (Å²) in [7, 11) is 1.52. The molecule has 8 nitrogen and oxygen atoms in total. The molecule has 0 spiro atoms. The molecule has 0 radical (unpaired) electrons. The molecule has 3 aromatic rings. The molecule has 0 heterocycles. The fraction of sp³-hybridized carbons (Fsp3) is 0.0909. The van der Waals surface area contributed by atoms with Crippen LogP contribution in [0.4, 0.5) is 5.69 Å². The third kappa shape index (κ3) is 5.51. The molecule has 0 unspecified atom stereocenters. The van der Waals surface area contributed by atoms with Crippen molar-refractivity contribution in [1.29, 1.82) is 0 Å². The van der Waals surface area contributed by atoms with E-state index in [0.717, 1.165) is 0 Å². The lowest BCUT2D eigenvalue weighted by Gasteiger charge is -2.14. The van der Waals surface area contributed by atoms with E-state index in [4.69, 9.17) is 9.47 Å². The minimum Gasteiger partial charge on any atom is -0.497 e. The monoisotopic (exact) mass is 562 g/mol. The smallest absolute Gasteiger partial charge is 0.343 e. The van der Waals surface area contributed by atoms with Gasteiger partial charge in [-0.25, -0.2) is 4.79 Å². The van der Waals surface area contributed by atoms with Crippen molar-refractivity contribution >= 4 is 49.4 Å². The van der Waals surface area contributed by atoms with Crippen LogP contribution in [0.1, 0.15) is 26.3 Å². The molecule has 164 valence electrons. The van der Waals surface area contributed by atoms with Crippen LogP contribution in [0.15, 0.2) is 69.6 Å². The van der Waals surface area contributed by atoms with E-state index >= 15 is 0 Å². The number of methoxy groups -OCH3 is 1. The number of esters is 1. The second kappa shape index (κ2) is 10.4. The summed E-state index contributed by atoms with van der Waals surface area (Å²) in [4.78, 5) is 35.8. The second-order valence-corrected chi connectivity index (χ2v) is 8.22. The first-order valence-corrected chi connectivity index (χ1v) is 10.7. The lowest BCUT2D eigenvalue weighted by Crippen LogP contribution is -2.24. The van der Waals surface area contributed by atoms with Gasteiger partial charge in [0.15, 0.2) is 0 Å². The summed E-state index contributed by atoms with van der Waals surface area (Å²) in [6.45, 7) is -0.0336. The van der Waals surface area contributed by atoms with Gasteiger partial charge in [-0.2, -0.15) is 0 Å². The number of carbonyl (C=O) groups is 2. The Bertz CT molecular complexity index is 1180. The van der Waals surface area contributed by atoms with Gasteiger partial charge in [0, 0.05) is 22.6 Å². The Hall–Kier alpha value is -3.24. The largest absolute Gasteiger partial charge is 0.497 e. The van der Waals surface area contributed by atoms with E-state index < -0.39 is 16.8 Å². The quantitative estimate of drug-likeness (QED) is 0.181. The fourth-order valence-electron chi connectivity index (χ4n) is 2.83. The molecular weight excluding hydrogens is 548 g/mol. The number of nitro benzene ring substituents is 1. The summed E-state index contributed by atoms with van der Waals surface area (Å²) in [5, 5.41) is 13.8. The molecule has 0 aliphatic carbocycles. The summed E-state index contributed by atoms with van der Waals surface area (Å²) in [5.41, 5.74) is 0.436. The summed E-state index contributed by atoms with van der Waals surface area (Å²) >= 11 is 6.75. The Morgan fingerprint density at radius 3 is 2.41 bits per heavy atom. The van der Waals surface area contributed by atoms with Crippen LogP contribution in [0, 0.1) is 10.1 Å². The molecule has 1 N–H and O–H groups in total. The zero-order chi connectivity index (χ0) is 23.3. The van der Waals surface area contributed by atoms with Crippen LogP contribution >= 0.6 is 31.9 Å². The molecule has 0 aliphatic rings. The van der Waals surface area contributed by atoms with Gasteiger partial charge in [0.25, 0.3) is 11.6 Å². The maximum atomic E-state index is 12.6. The van der Waals surface area contributed by atoms with Gasteiger partial charge in [0.05, 0.1) is 22.1 Å². The molecule has 0 saturated carbocycles. The first kappa shape index (κ1) is 23.4. The summed E-state index contributed by atoms with van der Waals surface area (Å²) in [6.07, 6.45) is 0. The third-order valence-corrected chi connectivity index (χ3v) is 5.44. The molecule has 1 amide bonds. The fourth-order valence-corrected chi connectivity index (χ4v) is 4.23. The summed E-state index contributed by atoms with van der Waals surface area (Å²) < 4.78 is 11.8. The minimum atomic E-state index is -0.624. The third-order valence-electron chi connectivity index (χ3n) is 4.39. The molecular formula is C22H16Br2N2O6. The number of ether oxygens (including phenoxy) is 2. The number of hydrogen-bond donors (Lipinski definition) is 1. The first-order chi connectivity index (χ1) is 15.3. The van der Waals surface area contributed by atoms with Crippen molar-refractivity contribution in [3.05, 3.63) is 96.4 Å². The zero-order valence-corrected chi connectivity index (χ0v) is 19.8. The predicted octanol–water partition coefficient (Wildman–Crippen LogP) is 5.28. The van der Waals surface area contributed by atoms with Crippen molar-refractivity contribution in [2.24, 2.45) is 0 Å². The van der Waals surface area contributed by atoms with E-state index in [0.29, 0.717) is 25.8 Å². The average molecular weight is 564 g/mol. The number of amides is 1. The topological polar surface area (TPSA) is 108 Å². The molecule has 0 aliphatic heterocycles. The highest BCUT2D eigenvalue weighted by atomic mass is 79.9. The molecule has 3 aromatic carbocycles. The van der Waals surface area contributed by atoms with Gasteiger partial charge in [-0.15, -0.1) is 0 Å². The molecule has 0 saturated heterocycles. The van der Waals surface area contributed by atoms with Crippen LogP contribution in [0.2, 0.25) is 0 Å². The number of carbonyl (C=O) groups excluding carboxylic acids is 2. The van der Waals surface area contributed by atoms with Crippen LogP contribution < -0.4 is 14.8 Å². The number of nitrogens with one attached hydrogen (secondary N) is 1. The highest BCUT2D eigenvalue weighted by Crippen LogP contribution is 2.34. The standard InChI is InChI=1S/C22H16Br2N2O6/c1-31-16-8-6-13(7-9-16)22(28)32-20-14(10-15(23)11-18(20)24)12-25-21(27)17-4-2-3-5-19(17)26(29)30/h2-11H,12H2,1H3,(H,25,27). The number of para-hydroxylation sites is 1. The number of benzene rings is 3. The van der Waals surface area contributed by atoms with Gasteiger partial charge in [-0.1, -0.05) is 28.1 Å². The minimum absolute atomic E-state index is 0.0336. The normalized spacial score (nSPS) is 10.3. The summed E-state index contributed by atoms with van der Waals surface area (Å²) in [5.74, 6) is -0.399. The summed E-state index contributed by atoms with van der Waals surface area (Å²) in [6, 6.07) is 15.5. The van der Waals surface area contributed by atoms with Crippen molar-refractivity contribution in [2.45, 2.75) is 6.54 Å². The maximum absolute atomic E-state index is 12.6. The number of nitro groups is 1.